The molecule has 0 radical (unpaired) electrons. The van der Waals surface area contributed by atoms with Gasteiger partial charge in [0.2, 0.25) is 0 Å². The standard InChI is InChI=1S/C25H17ClO2/c1-27-14-13-16-15-17(26)9-10-18(16)19-6-4-7-22-20(19)11-12-23-21-5-2-3-8-24(21)28-25(22)23/h2-15H,1H3/b14-13+. The molecule has 136 valence electrons. The molecule has 0 unspecified atom stereocenters. The number of rotatable bonds is 3. The summed E-state index contributed by atoms with van der Waals surface area (Å²) in [7, 11) is 1.64. The maximum Gasteiger partial charge on any atom is 0.143 e. The maximum atomic E-state index is 6.24. The molecule has 0 N–H and O–H groups in total. The zero-order valence-electron chi connectivity index (χ0n) is 15.3. The van der Waals surface area contributed by atoms with E-state index < -0.39 is 0 Å². The smallest absolute Gasteiger partial charge is 0.143 e. The molecule has 0 saturated carbocycles. The van der Waals surface area contributed by atoms with Gasteiger partial charge in [-0.05, 0) is 52.4 Å². The van der Waals surface area contributed by atoms with Gasteiger partial charge in [-0.2, -0.15) is 0 Å². The molecule has 3 heteroatoms. The predicted molar refractivity (Wildman–Crippen MR) is 118 cm³/mol. The molecular formula is C25H17ClO2. The Balaban J connectivity index is 1.82. The van der Waals surface area contributed by atoms with Crippen molar-refractivity contribution < 1.29 is 9.15 Å². The van der Waals surface area contributed by atoms with Crippen molar-refractivity contribution in [2.45, 2.75) is 0 Å². The molecule has 1 aromatic heterocycles. The van der Waals surface area contributed by atoms with Crippen molar-refractivity contribution in [3.8, 4) is 11.1 Å². The number of para-hydroxylation sites is 1. The summed E-state index contributed by atoms with van der Waals surface area (Å²) < 4.78 is 11.3. The molecule has 0 aliphatic carbocycles. The minimum Gasteiger partial charge on any atom is -0.504 e. The first-order valence-electron chi connectivity index (χ1n) is 9.08. The molecule has 0 aliphatic heterocycles. The van der Waals surface area contributed by atoms with Crippen LogP contribution >= 0.6 is 11.6 Å². The third-order valence-corrected chi connectivity index (χ3v) is 5.32. The lowest BCUT2D eigenvalue weighted by Crippen LogP contribution is -1.86. The van der Waals surface area contributed by atoms with Crippen LogP contribution in [0.25, 0.3) is 49.9 Å². The van der Waals surface area contributed by atoms with E-state index in [0.29, 0.717) is 5.02 Å². The topological polar surface area (TPSA) is 22.4 Å². The van der Waals surface area contributed by atoms with Crippen molar-refractivity contribution >= 4 is 50.4 Å². The number of hydrogen-bond donors (Lipinski definition) is 0. The molecular weight excluding hydrogens is 368 g/mol. The van der Waals surface area contributed by atoms with E-state index in [1.807, 2.05) is 36.4 Å². The number of halogens is 1. The van der Waals surface area contributed by atoms with Gasteiger partial charge in [-0.1, -0.05) is 60.1 Å². The Morgan fingerprint density at radius 1 is 0.786 bits per heavy atom. The van der Waals surface area contributed by atoms with E-state index in [0.717, 1.165) is 49.4 Å². The second-order valence-electron chi connectivity index (χ2n) is 6.71. The molecule has 0 aliphatic rings. The fraction of sp³-hybridized carbons (Fsp3) is 0.0400. The Bertz CT molecular complexity index is 1360. The second-order valence-corrected chi connectivity index (χ2v) is 7.15. The van der Waals surface area contributed by atoms with Gasteiger partial charge in [-0.15, -0.1) is 0 Å². The monoisotopic (exact) mass is 384 g/mol. The second kappa shape index (κ2) is 6.74. The van der Waals surface area contributed by atoms with Crippen LogP contribution in [-0.4, -0.2) is 7.11 Å². The van der Waals surface area contributed by atoms with Crippen LogP contribution in [0, 0.1) is 0 Å². The zero-order chi connectivity index (χ0) is 19.1. The molecule has 0 saturated heterocycles. The molecule has 2 nitrogen and oxygen atoms in total. The van der Waals surface area contributed by atoms with Gasteiger partial charge >= 0.3 is 0 Å². The Hall–Kier alpha value is -3.23. The first kappa shape index (κ1) is 16.9. The summed E-state index contributed by atoms with van der Waals surface area (Å²) in [5, 5.41) is 5.21. The number of benzene rings is 4. The van der Waals surface area contributed by atoms with Crippen molar-refractivity contribution in [2.75, 3.05) is 7.11 Å². The van der Waals surface area contributed by atoms with Crippen LogP contribution in [0.3, 0.4) is 0 Å². The molecule has 0 fully saturated rings. The lowest BCUT2D eigenvalue weighted by molar-refractivity contribution is 0.341. The van der Waals surface area contributed by atoms with Gasteiger partial charge in [0, 0.05) is 21.2 Å². The van der Waals surface area contributed by atoms with Crippen molar-refractivity contribution in [1.82, 2.24) is 0 Å². The molecule has 0 atom stereocenters. The van der Waals surface area contributed by atoms with Crippen molar-refractivity contribution in [1.29, 1.82) is 0 Å². The van der Waals surface area contributed by atoms with Crippen LogP contribution in [0.5, 0.6) is 0 Å². The molecule has 0 bridgehead atoms. The highest BCUT2D eigenvalue weighted by Crippen LogP contribution is 2.39. The molecule has 1 heterocycles. The summed E-state index contributed by atoms with van der Waals surface area (Å²) in [4.78, 5) is 0. The summed E-state index contributed by atoms with van der Waals surface area (Å²) in [5.41, 5.74) is 5.06. The van der Waals surface area contributed by atoms with E-state index in [9.17, 15) is 0 Å². The number of hydrogen-bond acceptors (Lipinski definition) is 2. The van der Waals surface area contributed by atoms with Gasteiger partial charge < -0.3 is 9.15 Å². The Morgan fingerprint density at radius 2 is 1.57 bits per heavy atom. The molecule has 0 amide bonds. The third kappa shape index (κ3) is 2.65. The average molecular weight is 385 g/mol. The SMILES string of the molecule is CO/C=C/c1cc(Cl)ccc1-c1cccc2c1ccc1c3ccccc3oc21. The van der Waals surface area contributed by atoms with E-state index in [1.54, 1.807) is 13.4 Å². The van der Waals surface area contributed by atoms with E-state index in [1.165, 1.54) is 0 Å². The molecule has 28 heavy (non-hydrogen) atoms. The number of ether oxygens (including phenoxy) is 1. The summed E-state index contributed by atoms with van der Waals surface area (Å²) in [5.74, 6) is 0. The lowest BCUT2D eigenvalue weighted by Gasteiger charge is -2.11. The van der Waals surface area contributed by atoms with E-state index in [2.05, 4.69) is 42.5 Å². The van der Waals surface area contributed by atoms with E-state index >= 15 is 0 Å². The fourth-order valence-corrected chi connectivity index (χ4v) is 4.01. The van der Waals surface area contributed by atoms with Gasteiger partial charge in [-0.3, -0.25) is 0 Å². The van der Waals surface area contributed by atoms with Crippen LogP contribution < -0.4 is 0 Å². The number of furan rings is 1. The summed E-state index contributed by atoms with van der Waals surface area (Å²) in [6.07, 6.45) is 3.59. The Morgan fingerprint density at radius 3 is 2.46 bits per heavy atom. The Kier molecular flexibility index (Phi) is 4.07. The summed E-state index contributed by atoms with van der Waals surface area (Å²) in [6, 6.07) is 24.7. The van der Waals surface area contributed by atoms with Crippen molar-refractivity contribution in [3.63, 3.8) is 0 Å². The highest BCUT2D eigenvalue weighted by atomic mass is 35.5. The van der Waals surface area contributed by atoms with Crippen molar-refractivity contribution in [2.24, 2.45) is 0 Å². The maximum absolute atomic E-state index is 6.24. The molecule has 5 aromatic rings. The number of fused-ring (bicyclic) bond motifs is 5. The number of methoxy groups -OCH3 is 1. The third-order valence-electron chi connectivity index (χ3n) is 5.09. The fourth-order valence-electron chi connectivity index (χ4n) is 3.83. The van der Waals surface area contributed by atoms with Crippen LogP contribution in [-0.2, 0) is 4.74 Å². The van der Waals surface area contributed by atoms with Crippen LogP contribution in [0.4, 0.5) is 0 Å². The van der Waals surface area contributed by atoms with Gasteiger partial charge in [0.15, 0.2) is 0 Å². The first-order valence-corrected chi connectivity index (χ1v) is 9.46. The van der Waals surface area contributed by atoms with Crippen molar-refractivity contribution in [3.05, 3.63) is 89.6 Å². The normalized spacial score (nSPS) is 11.8. The predicted octanol–water partition coefficient (Wildman–Crippen LogP) is 7.68. The van der Waals surface area contributed by atoms with Crippen LogP contribution in [0.15, 0.2) is 83.5 Å². The quantitative estimate of drug-likeness (QED) is 0.297. The van der Waals surface area contributed by atoms with Gasteiger partial charge in [0.1, 0.15) is 11.2 Å². The van der Waals surface area contributed by atoms with Gasteiger partial charge in [-0.25, -0.2) is 0 Å². The van der Waals surface area contributed by atoms with Gasteiger partial charge in [0.05, 0.1) is 13.4 Å². The molecule has 0 spiro atoms. The Labute approximate surface area is 167 Å². The largest absolute Gasteiger partial charge is 0.504 e. The first-order chi connectivity index (χ1) is 13.8. The van der Waals surface area contributed by atoms with Crippen LogP contribution in [0.2, 0.25) is 5.02 Å². The highest BCUT2D eigenvalue weighted by molar-refractivity contribution is 6.31. The van der Waals surface area contributed by atoms with Gasteiger partial charge in [0.25, 0.3) is 0 Å². The summed E-state index contributed by atoms with van der Waals surface area (Å²) >= 11 is 6.24. The minimum absolute atomic E-state index is 0.694. The molecule has 4 aromatic carbocycles. The van der Waals surface area contributed by atoms with Crippen LogP contribution in [0.1, 0.15) is 5.56 Å². The lowest BCUT2D eigenvalue weighted by atomic mass is 9.93. The summed E-state index contributed by atoms with van der Waals surface area (Å²) in [6.45, 7) is 0. The highest BCUT2D eigenvalue weighted by Gasteiger charge is 2.13. The minimum atomic E-state index is 0.694. The average Bonchev–Trinajstić information content (AvgIpc) is 3.11. The van der Waals surface area contributed by atoms with E-state index in [-0.39, 0.29) is 0 Å². The van der Waals surface area contributed by atoms with E-state index in [4.69, 9.17) is 20.8 Å². The molecule has 5 rings (SSSR count). The zero-order valence-corrected chi connectivity index (χ0v) is 16.0.